The van der Waals surface area contributed by atoms with Gasteiger partial charge in [-0.3, -0.25) is 14.7 Å². The molecule has 270 valence electrons. The van der Waals surface area contributed by atoms with Gasteiger partial charge in [0.25, 0.3) is 0 Å². The first-order valence-corrected chi connectivity index (χ1v) is 17.8. The van der Waals surface area contributed by atoms with E-state index in [2.05, 4.69) is 64.1 Å². The van der Waals surface area contributed by atoms with Crippen molar-refractivity contribution in [2.24, 2.45) is 0 Å². The standard InChI is InChI=1S/C43H40ClN3O6/c44-36-22-20-35(21-23-36)41(34-12-3-1-4-13-34)46-29-27-45(28-30-46)31-32-51-37-24-18-33(19-25-37)11-9-10-26-47(42(48)52-38-14-5-2-6-15-38)39-16-7-8-17-40(39)53-43(49)50/h1-8,12-25,41H,10,26-32H2,(H,49,50)/t41-/m1/s1. The molecule has 5 aromatic rings. The topological polar surface area (TPSA) is 91.8 Å². The molecule has 1 fully saturated rings. The Hall–Kier alpha value is -5.79. The highest BCUT2D eigenvalue weighted by Gasteiger charge is 2.26. The van der Waals surface area contributed by atoms with Crippen molar-refractivity contribution in [1.82, 2.24) is 9.80 Å². The third-order valence-corrected chi connectivity index (χ3v) is 9.07. The van der Waals surface area contributed by atoms with E-state index in [1.807, 2.05) is 42.5 Å². The van der Waals surface area contributed by atoms with Gasteiger partial charge in [0.2, 0.25) is 0 Å². The summed E-state index contributed by atoms with van der Waals surface area (Å²) in [5.74, 6) is 7.38. The fourth-order valence-electron chi connectivity index (χ4n) is 6.21. The summed E-state index contributed by atoms with van der Waals surface area (Å²) in [7, 11) is 0. The van der Waals surface area contributed by atoms with Crippen LogP contribution >= 0.6 is 11.6 Å². The lowest BCUT2D eigenvalue weighted by Gasteiger charge is -2.39. The summed E-state index contributed by atoms with van der Waals surface area (Å²) < 4.78 is 16.6. The molecular weight excluding hydrogens is 690 g/mol. The number of hydrogen-bond acceptors (Lipinski definition) is 7. The Kier molecular flexibility index (Phi) is 13.0. The molecule has 1 amide bonds. The molecule has 0 bridgehead atoms. The smallest absolute Gasteiger partial charge is 0.492 e. The molecule has 0 aliphatic carbocycles. The predicted octanol–water partition coefficient (Wildman–Crippen LogP) is 8.63. The number of carbonyl (C=O) groups is 2. The number of halogens is 1. The first kappa shape index (κ1) is 37.0. The lowest BCUT2D eigenvalue weighted by Crippen LogP contribution is -2.48. The van der Waals surface area contributed by atoms with Gasteiger partial charge < -0.3 is 19.3 Å². The molecule has 1 aliphatic rings. The van der Waals surface area contributed by atoms with Gasteiger partial charge in [0, 0.05) is 56.3 Å². The minimum Gasteiger partial charge on any atom is -0.492 e. The molecule has 53 heavy (non-hydrogen) atoms. The fraction of sp³-hybridized carbons (Fsp3) is 0.209. The summed E-state index contributed by atoms with van der Waals surface area (Å²) >= 11 is 6.20. The van der Waals surface area contributed by atoms with Gasteiger partial charge in [0.15, 0.2) is 5.75 Å². The summed E-state index contributed by atoms with van der Waals surface area (Å²) in [6, 6.07) is 41.6. The summed E-state index contributed by atoms with van der Waals surface area (Å²) in [4.78, 5) is 30.8. The zero-order chi connectivity index (χ0) is 36.8. The summed E-state index contributed by atoms with van der Waals surface area (Å²) in [5.41, 5.74) is 3.58. The molecule has 0 radical (unpaired) electrons. The van der Waals surface area contributed by atoms with Crippen molar-refractivity contribution in [3.8, 4) is 29.1 Å². The van der Waals surface area contributed by atoms with Crippen molar-refractivity contribution in [2.75, 3.05) is 50.8 Å². The SMILES string of the molecule is O=C(O)Oc1ccccc1N(CCC#Cc1ccc(OCCN2CCN([C@H](c3ccccc3)c3ccc(Cl)cc3)CC2)cc1)C(=O)Oc1ccccc1. The van der Waals surface area contributed by atoms with Gasteiger partial charge in [0.05, 0.1) is 11.7 Å². The normalized spacial score (nSPS) is 13.6. The van der Waals surface area contributed by atoms with E-state index in [-0.39, 0.29) is 24.0 Å². The van der Waals surface area contributed by atoms with E-state index in [4.69, 9.17) is 25.8 Å². The third-order valence-electron chi connectivity index (χ3n) is 8.82. The second-order valence-corrected chi connectivity index (χ2v) is 12.8. The molecule has 9 nitrogen and oxygen atoms in total. The first-order valence-electron chi connectivity index (χ1n) is 17.5. The zero-order valence-electron chi connectivity index (χ0n) is 29.1. The van der Waals surface area contributed by atoms with Crippen molar-refractivity contribution in [1.29, 1.82) is 0 Å². The van der Waals surface area contributed by atoms with Gasteiger partial charge >= 0.3 is 12.2 Å². The Morgan fingerprint density at radius 2 is 1.38 bits per heavy atom. The van der Waals surface area contributed by atoms with Crippen molar-refractivity contribution < 1.29 is 28.9 Å². The van der Waals surface area contributed by atoms with Crippen LogP contribution in [-0.4, -0.2) is 73.0 Å². The number of para-hydroxylation sites is 3. The molecule has 0 saturated carbocycles. The van der Waals surface area contributed by atoms with Crippen LogP contribution in [0.4, 0.5) is 15.3 Å². The van der Waals surface area contributed by atoms with Crippen LogP contribution in [0.1, 0.15) is 29.2 Å². The van der Waals surface area contributed by atoms with Crippen molar-refractivity contribution in [2.45, 2.75) is 12.5 Å². The maximum Gasteiger partial charge on any atom is 0.511 e. The lowest BCUT2D eigenvalue weighted by molar-refractivity contribution is 0.0977. The predicted molar refractivity (Wildman–Crippen MR) is 206 cm³/mol. The van der Waals surface area contributed by atoms with Crippen LogP contribution in [0.5, 0.6) is 17.2 Å². The Bertz CT molecular complexity index is 1990. The maximum atomic E-state index is 13.2. The zero-order valence-corrected chi connectivity index (χ0v) is 29.9. The van der Waals surface area contributed by atoms with E-state index < -0.39 is 12.2 Å². The number of hydrogen-bond donors (Lipinski definition) is 1. The van der Waals surface area contributed by atoms with Crippen LogP contribution in [-0.2, 0) is 0 Å². The van der Waals surface area contributed by atoms with Crippen LogP contribution in [0.2, 0.25) is 5.02 Å². The van der Waals surface area contributed by atoms with Gasteiger partial charge in [-0.2, -0.15) is 0 Å². The van der Waals surface area contributed by atoms with Gasteiger partial charge in [-0.15, -0.1) is 0 Å². The maximum absolute atomic E-state index is 13.2. The Morgan fingerprint density at radius 1 is 0.736 bits per heavy atom. The van der Waals surface area contributed by atoms with Crippen LogP contribution in [0.3, 0.4) is 0 Å². The third kappa shape index (κ3) is 10.6. The minimum absolute atomic E-state index is 0.0154. The fourth-order valence-corrected chi connectivity index (χ4v) is 6.34. The molecule has 0 spiro atoms. The molecule has 1 aliphatic heterocycles. The minimum atomic E-state index is -1.48. The largest absolute Gasteiger partial charge is 0.511 e. The summed E-state index contributed by atoms with van der Waals surface area (Å²) in [6.45, 7) is 5.35. The number of amides is 1. The Labute approximate surface area is 314 Å². The van der Waals surface area contributed by atoms with Gasteiger partial charge in [-0.1, -0.05) is 96.2 Å². The van der Waals surface area contributed by atoms with Crippen LogP contribution in [0.15, 0.2) is 133 Å². The highest BCUT2D eigenvalue weighted by Crippen LogP contribution is 2.31. The Morgan fingerprint density at radius 3 is 2.08 bits per heavy atom. The molecule has 0 aromatic heterocycles. The van der Waals surface area contributed by atoms with Crippen molar-refractivity contribution in [3.05, 3.63) is 155 Å². The van der Waals surface area contributed by atoms with E-state index in [1.54, 1.807) is 42.5 Å². The van der Waals surface area contributed by atoms with Gasteiger partial charge in [-0.05, 0) is 71.8 Å². The van der Waals surface area contributed by atoms with E-state index in [0.717, 1.165) is 49.1 Å². The molecular formula is C43H40ClN3O6. The van der Waals surface area contributed by atoms with Crippen LogP contribution < -0.4 is 19.1 Å². The number of carboxylic acid groups (broad SMARTS) is 1. The average Bonchev–Trinajstić information content (AvgIpc) is 3.18. The second-order valence-electron chi connectivity index (χ2n) is 12.3. The highest BCUT2D eigenvalue weighted by atomic mass is 35.5. The molecule has 1 atom stereocenters. The number of rotatable bonds is 12. The highest BCUT2D eigenvalue weighted by molar-refractivity contribution is 6.30. The second kappa shape index (κ2) is 18.6. The number of nitrogens with zero attached hydrogens (tertiary/aromatic N) is 3. The number of ether oxygens (including phenoxy) is 3. The number of carbonyl (C=O) groups excluding carboxylic acids is 1. The molecule has 1 saturated heterocycles. The van der Waals surface area contributed by atoms with Gasteiger partial charge in [0.1, 0.15) is 18.1 Å². The number of benzene rings is 5. The van der Waals surface area contributed by atoms with Crippen molar-refractivity contribution >= 4 is 29.5 Å². The molecule has 10 heteroatoms. The molecule has 1 N–H and O–H groups in total. The lowest BCUT2D eigenvalue weighted by atomic mass is 9.96. The molecule has 1 heterocycles. The number of piperazine rings is 1. The van der Waals surface area contributed by atoms with Crippen LogP contribution in [0, 0.1) is 11.8 Å². The monoisotopic (exact) mass is 729 g/mol. The van der Waals surface area contributed by atoms with Gasteiger partial charge in [-0.25, -0.2) is 9.59 Å². The summed E-state index contributed by atoms with van der Waals surface area (Å²) in [5, 5.41) is 9.96. The van der Waals surface area contributed by atoms with Crippen molar-refractivity contribution in [3.63, 3.8) is 0 Å². The van der Waals surface area contributed by atoms with E-state index >= 15 is 0 Å². The Balaban J connectivity index is 0.991. The van der Waals surface area contributed by atoms with Crippen LogP contribution in [0.25, 0.3) is 0 Å². The van der Waals surface area contributed by atoms with E-state index in [9.17, 15) is 14.7 Å². The summed E-state index contributed by atoms with van der Waals surface area (Å²) in [6.07, 6.45) is -1.87. The molecule has 0 unspecified atom stereocenters. The average molecular weight is 730 g/mol. The quantitative estimate of drug-likeness (QED) is 0.0776. The molecule has 5 aromatic carbocycles. The van der Waals surface area contributed by atoms with E-state index in [0.29, 0.717) is 18.8 Å². The first-order chi connectivity index (χ1) is 25.9. The molecule has 6 rings (SSSR count). The number of anilines is 1. The van der Waals surface area contributed by atoms with E-state index in [1.165, 1.54) is 22.1 Å².